The number of esters is 1. The van der Waals surface area contributed by atoms with E-state index in [9.17, 15) is 4.79 Å². The van der Waals surface area contributed by atoms with Crippen molar-refractivity contribution in [2.24, 2.45) is 11.3 Å². The van der Waals surface area contributed by atoms with Crippen LogP contribution in [0.4, 0.5) is 0 Å². The minimum Gasteiger partial charge on any atom is -0.466 e. The van der Waals surface area contributed by atoms with Crippen LogP contribution in [0.2, 0.25) is 0 Å². The number of carbonyl (C=O) groups excluding carboxylic acids is 1. The molecule has 0 heterocycles. The van der Waals surface area contributed by atoms with Crippen LogP contribution in [0.15, 0.2) is 0 Å². The Labute approximate surface area is 126 Å². The van der Waals surface area contributed by atoms with E-state index in [-0.39, 0.29) is 37.6 Å². The fraction of sp³-hybridized carbons (Fsp3) is 0.929. The van der Waals surface area contributed by atoms with Gasteiger partial charge in [0, 0.05) is 26.2 Å². The first-order valence-corrected chi connectivity index (χ1v) is 6.79. The van der Waals surface area contributed by atoms with E-state index in [1.54, 1.807) is 0 Å². The molecule has 0 fully saturated rings. The maximum absolute atomic E-state index is 12.2. The van der Waals surface area contributed by atoms with Gasteiger partial charge in [-0.15, -0.1) is 0 Å². The van der Waals surface area contributed by atoms with E-state index in [2.05, 4.69) is 27.7 Å². The number of rotatable bonds is 8. The first kappa shape index (κ1) is 19.7. The fourth-order valence-corrected chi connectivity index (χ4v) is 2.78. The van der Waals surface area contributed by atoms with Gasteiger partial charge in [-0.05, 0) is 32.1 Å². The molecule has 0 saturated carbocycles. The zero-order chi connectivity index (χ0) is 12.6. The van der Waals surface area contributed by atoms with Crippen LogP contribution in [0.3, 0.4) is 0 Å². The van der Waals surface area contributed by atoms with E-state index in [1.807, 2.05) is 6.92 Å². The Kier molecular flexibility index (Phi) is 11.9. The van der Waals surface area contributed by atoms with E-state index < -0.39 is 0 Å². The number of ether oxygens (including phenoxy) is 1. The number of hydrogen-bond donors (Lipinski definition) is 0. The average Bonchev–Trinajstić information content (AvgIpc) is 2.30. The summed E-state index contributed by atoms with van der Waals surface area (Å²) in [5.74, 6) is 0.479. The molecule has 0 aliphatic carbocycles. The summed E-state index contributed by atoms with van der Waals surface area (Å²) in [6.45, 7) is 11.0. The topological polar surface area (TPSA) is 26.3 Å². The van der Waals surface area contributed by atoms with Crippen LogP contribution in [-0.2, 0) is 35.7 Å². The monoisotopic (exact) mass is 230 g/mol. The Morgan fingerprint density at radius 1 is 1.12 bits per heavy atom. The SMILES string of the molecule is CCCC(CC)C(CC)(CC)C(=O)OCC.[2Zr]. The minimum atomic E-state index is -0.249. The first-order valence-electron chi connectivity index (χ1n) is 6.79. The molecule has 0 N–H and O–H groups in total. The van der Waals surface area contributed by atoms with Crippen molar-refractivity contribution in [2.75, 3.05) is 6.61 Å². The Balaban J connectivity index is 0. The predicted octanol–water partition coefficient (Wildman–Crippen LogP) is 4.18. The van der Waals surface area contributed by atoms with E-state index >= 15 is 0 Å². The molecule has 0 rings (SSSR count). The molecular weight excluding hydrogens is 202 g/mol. The van der Waals surface area contributed by atoms with Crippen molar-refractivity contribution in [1.29, 1.82) is 0 Å². The molecule has 0 aromatic carbocycles. The fourth-order valence-electron chi connectivity index (χ4n) is 2.78. The summed E-state index contributed by atoms with van der Waals surface area (Å²) in [5.41, 5.74) is -0.249. The molecule has 0 saturated heterocycles. The van der Waals surface area contributed by atoms with Crippen LogP contribution in [0.5, 0.6) is 0 Å². The standard InChI is InChI=1S/C14H28O2.Zr/c1-6-11-12(7-2)14(8-3,9-4)13(15)16-10-5;/h12H,6-11H2,1-5H3;/i;1-89. The van der Waals surface area contributed by atoms with E-state index in [1.165, 1.54) is 0 Å². The summed E-state index contributed by atoms with van der Waals surface area (Å²) >= 11 is 0. The van der Waals surface area contributed by atoms with Gasteiger partial charge >= 0.3 is 5.97 Å². The van der Waals surface area contributed by atoms with Gasteiger partial charge in [0.2, 0.25) is 0 Å². The van der Waals surface area contributed by atoms with Gasteiger partial charge in [-0.3, -0.25) is 4.79 Å². The average molecular weight is 230 g/mol. The quantitative estimate of drug-likeness (QED) is 0.585. The van der Waals surface area contributed by atoms with Gasteiger partial charge in [-0.2, -0.15) is 0 Å². The van der Waals surface area contributed by atoms with Crippen LogP contribution in [0.1, 0.15) is 66.7 Å². The van der Waals surface area contributed by atoms with Gasteiger partial charge < -0.3 is 4.74 Å². The molecule has 0 aromatic rings. The zero-order valence-electron chi connectivity index (χ0n) is 12.1. The third kappa shape index (κ3) is 4.85. The second-order valence-electron chi connectivity index (χ2n) is 4.48. The summed E-state index contributed by atoms with van der Waals surface area (Å²) in [6.07, 6.45) is 5.10. The van der Waals surface area contributed by atoms with Crippen LogP contribution in [0.25, 0.3) is 0 Å². The van der Waals surface area contributed by atoms with Crippen molar-refractivity contribution in [3.63, 3.8) is 0 Å². The number of hydrogen-bond acceptors (Lipinski definition) is 2. The molecule has 17 heavy (non-hydrogen) atoms. The summed E-state index contributed by atoms with van der Waals surface area (Å²) in [7, 11) is 0. The maximum atomic E-state index is 12.2. The predicted molar refractivity (Wildman–Crippen MR) is 68.3 cm³/mol. The van der Waals surface area contributed by atoms with Crippen molar-refractivity contribution < 1.29 is 35.7 Å². The van der Waals surface area contributed by atoms with Crippen molar-refractivity contribution in [2.45, 2.75) is 66.7 Å². The molecule has 1 atom stereocenters. The molecule has 0 aromatic heterocycles. The molecule has 0 aliphatic rings. The van der Waals surface area contributed by atoms with Crippen LogP contribution in [-0.4, -0.2) is 12.6 Å². The molecule has 0 aliphatic heterocycles. The zero-order valence-corrected chi connectivity index (χ0v) is 14.6. The van der Waals surface area contributed by atoms with Gasteiger partial charge in [-0.1, -0.05) is 40.5 Å². The second kappa shape index (κ2) is 10.3. The van der Waals surface area contributed by atoms with Crippen molar-refractivity contribution in [3.05, 3.63) is 0 Å². The summed E-state index contributed by atoms with van der Waals surface area (Å²) in [5, 5.41) is 0. The Morgan fingerprint density at radius 3 is 1.94 bits per heavy atom. The summed E-state index contributed by atoms with van der Waals surface area (Å²) in [6, 6.07) is 0. The molecular formula is C14H28O2Zr. The third-order valence-corrected chi connectivity index (χ3v) is 3.86. The van der Waals surface area contributed by atoms with Crippen LogP contribution >= 0.6 is 0 Å². The maximum Gasteiger partial charge on any atom is 0.312 e. The Bertz CT molecular complexity index is 200. The molecule has 100 valence electrons. The Morgan fingerprint density at radius 2 is 1.65 bits per heavy atom. The van der Waals surface area contributed by atoms with Gasteiger partial charge in [0.1, 0.15) is 0 Å². The van der Waals surface area contributed by atoms with E-state index in [0.717, 1.165) is 32.1 Å². The second-order valence-corrected chi connectivity index (χ2v) is 4.48. The molecule has 0 spiro atoms. The summed E-state index contributed by atoms with van der Waals surface area (Å²) < 4.78 is 5.28. The smallest absolute Gasteiger partial charge is 0.312 e. The van der Waals surface area contributed by atoms with Crippen molar-refractivity contribution >= 4 is 5.97 Å². The van der Waals surface area contributed by atoms with E-state index in [4.69, 9.17) is 4.74 Å². The third-order valence-electron chi connectivity index (χ3n) is 3.86. The number of carbonyl (C=O) groups is 1. The molecule has 0 radical (unpaired) electrons. The van der Waals surface area contributed by atoms with Crippen LogP contribution in [0, 0.1) is 11.3 Å². The normalized spacial score (nSPS) is 12.8. The first-order chi connectivity index (χ1) is 7.62. The van der Waals surface area contributed by atoms with Gasteiger partial charge in [0.05, 0.1) is 12.0 Å². The van der Waals surface area contributed by atoms with Crippen molar-refractivity contribution in [3.8, 4) is 0 Å². The van der Waals surface area contributed by atoms with Gasteiger partial charge in [0.15, 0.2) is 0 Å². The molecule has 0 amide bonds. The molecule has 1 unspecified atom stereocenters. The van der Waals surface area contributed by atoms with Gasteiger partial charge in [-0.25, -0.2) is 0 Å². The molecule has 2 nitrogen and oxygen atoms in total. The Hall–Kier alpha value is 0.353. The van der Waals surface area contributed by atoms with Gasteiger partial charge in [0.25, 0.3) is 0 Å². The minimum absolute atomic E-state index is 0. The summed E-state index contributed by atoms with van der Waals surface area (Å²) in [4.78, 5) is 12.2. The molecule has 0 bridgehead atoms. The van der Waals surface area contributed by atoms with Crippen molar-refractivity contribution in [1.82, 2.24) is 0 Å². The largest absolute Gasteiger partial charge is 0.466 e. The van der Waals surface area contributed by atoms with E-state index in [0.29, 0.717) is 12.5 Å². The van der Waals surface area contributed by atoms with Crippen LogP contribution < -0.4 is 0 Å². The molecule has 3 heteroatoms.